The molecule has 0 saturated heterocycles. The molecule has 24 heavy (non-hydrogen) atoms. The topological polar surface area (TPSA) is 78.7 Å². The molecule has 1 heterocycles. The SMILES string of the molecule is CCNC(=NCCc1ccco1)NCCC(=O)NC1CCCC1.I. The molecule has 0 radical (unpaired) electrons. The third-order valence-corrected chi connectivity index (χ3v) is 3.92. The third-order valence-electron chi connectivity index (χ3n) is 3.92. The maximum absolute atomic E-state index is 11.9. The number of hydrogen-bond donors (Lipinski definition) is 3. The smallest absolute Gasteiger partial charge is 0.221 e. The van der Waals surface area contributed by atoms with Crippen molar-refractivity contribution in [2.75, 3.05) is 19.6 Å². The highest BCUT2D eigenvalue weighted by molar-refractivity contribution is 14.0. The van der Waals surface area contributed by atoms with Crippen molar-refractivity contribution >= 4 is 35.8 Å². The number of carbonyl (C=O) groups is 1. The maximum Gasteiger partial charge on any atom is 0.221 e. The van der Waals surface area contributed by atoms with Crippen molar-refractivity contribution in [2.45, 2.75) is 51.5 Å². The molecular weight excluding hydrogens is 419 g/mol. The first-order valence-corrected chi connectivity index (χ1v) is 8.62. The molecule has 136 valence electrons. The number of nitrogens with zero attached hydrogens (tertiary/aromatic N) is 1. The molecule has 1 aromatic rings. The summed E-state index contributed by atoms with van der Waals surface area (Å²) in [6, 6.07) is 4.21. The molecule has 2 rings (SSSR count). The maximum atomic E-state index is 11.9. The summed E-state index contributed by atoms with van der Waals surface area (Å²) in [6.45, 7) is 4.06. The second-order valence-corrected chi connectivity index (χ2v) is 5.82. The summed E-state index contributed by atoms with van der Waals surface area (Å²) >= 11 is 0. The van der Waals surface area contributed by atoms with Crippen LogP contribution in [0.3, 0.4) is 0 Å². The van der Waals surface area contributed by atoms with E-state index in [9.17, 15) is 4.79 Å². The van der Waals surface area contributed by atoms with Crippen LogP contribution in [0, 0.1) is 0 Å². The molecule has 6 nitrogen and oxygen atoms in total. The summed E-state index contributed by atoms with van der Waals surface area (Å²) in [6.07, 6.45) is 7.62. The van der Waals surface area contributed by atoms with E-state index in [-0.39, 0.29) is 29.9 Å². The number of amides is 1. The Morgan fingerprint density at radius 2 is 2.12 bits per heavy atom. The van der Waals surface area contributed by atoms with Gasteiger partial charge in [-0.2, -0.15) is 0 Å². The quantitative estimate of drug-likeness (QED) is 0.324. The summed E-state index contributed by atoms with van der Waals surface area (Å²) in [5.41, 5.74) is 0. The van der Waals surface area contributed by atoms with Crippen molar-refractivity contribution in [3.63, 3.8) is 0 Å². The van der Waals surface area contributed by atoms with Gasteiger partial charge in [-0.25, -0.2) is 0 Å². The van der Waals surface area contributed by atoms with Crippen molar-refractivity contribution in [1.82, 2.24) is 16.0 Å². The minimum Gasteiger partial charge on any atom is -0.469 e. The van der Waals surface area contributed by atoms with Crippen molar-refractivity contribution in [3.05, 3.63) is 24.2 Å². The largest absolute Gasteiger partial charge is 0.469 e. The lowest BCUT2D eigenvalue weighted by molar-refractivity contribution is -0.121. The molecule has 1 aliphatic rings. The lowest BCUT2D eigenvalue weighted by Crippen LogP contribution is -2.40. The lowest BCUT2D eigenvalue weighted by atomic mass is 10.2. The molecular formula is C17H29IN4O2. The Morgan fingerprint density at radius 3 is 2.79 bits per heavy atom. The van der Waals surface area contributed by atoms with E-state index in [1.54, 1.807) is 6.26 Å². The first kappa shape index (κ1) is 20.8. The molecule has 1 amide bonds. The lowest BCUT2D eigenvalue weighted by Gasteiger charge is -2.13. The van der Waals surface area contributed by atoms with Crippen LogP contribution in [-0.4, -0.2) is 37.5 Å². The van der Waals surface area contributed by atoms with Crippen LogP contribution in [0.1, 0.15) is 44.8 Å². The minimum atomic E-state index is 0. The second-order valence-electron chi connectivity index (χ2n) is 5.82. The highest BCUT2D eigenvalue weighted by Gasteiger charge is 2.16. The van der Waals surface area contributed by atoms with Crippen LogP contribution in [0.4, 0.5) is 0 Å². The van der Waals surface area contributed by atoms with Crippen molar-refractivity contribution < 1.29 is 9.21 Å². The van der Waals surface area contributed by atoms with Crippen LogP contribution >= 0.6 is 24.0 Å². The highest BCUT2D eigenvalue weighted by Crippen LogP contribution is 2.17. The van der Waals surface area contributed by atoms with Crippen LogP contribution in [0.5, 0.6) is 0 Å². The Bertz CT molecular complexity index is 485. The Kier molecular flexibility index (Phi) is 10.5. The molecule has 1 aromatic heterocycles. The van der Waals surface area contributed by atoms with Crippen molar-refractivity contribution in [1.29, 1.82) is 0 Å². The first-order valence-electron chi connectivity index (χ1n) is 8.62. The monoisotopic (exact) mass is 448 g/mol. The normalized spacial score (nSPS) is 15.0. The summed E-state index contributed by atoms with van der Waals surface area (Å²) in [5.74, 6) is 1.80. The third kappa shape index (κ3) is 8.03. The van der Waals surface area contributed by atoms with Crippen molar-refractivity contribution in [3.8, 4) is 0 Å². The van der Waals surface area contributed by atoms with E-state index in [0.717, 1.165) is 37.5 Å². The number of carbonyl (C=O) groups excluding carboxylic acids is 1. The number of aliphatic imine (C=N–C) groups is 1. The van der Waals surface area contributed by atoms with Crippen LogP contribution in [0.25, 0.3) is 0 Å². The van der Waals surface area contributed by atoms with E-state index in [0.29, 0.717) is 25.6 Å². The number of guanidine groups is 1. The van der Waals surface area contributed by atoms with Crippen LogP contribution in [0.2, 0.25) is 0 Å². The van der Waals surface area contributed by atoms with Gasteiger partial charge in [-0.3, -0.25) is 9.79 Å². The Labute approximate surface area is 161 Å². The second kappa shape index (κ2) is 12.2. The zero-order valence-electron chi connectivity index (χ0n) is 14.3. The van der Waals surface area contributed by atoms with E-state index in [1.807, 2.05) is 19.1 Å². The van der Waals surface area contributed by atoms with E-state index in [4.69, 9.17) is 4.42 Å². The number of rotatable bonds is 8. The molecule has 7 heteroatoms. The van der Waals surface area contributed by atoms with Crippen LogP contribution in [0.15, 0.2) is 27.8 Å². The number of hydrogen-bond acceptors (Lipinski definition) is 3. The average Bonchev–Trinajstić information content (AvgIpc) is 3.21. The fourth-order valence-corrected chi connectivity index (χ4v) is 2.74. The highest BCUT2D eigenvalue weighted by atomic mass is 127. The van der Waals surface area contributed by atoms with Gasteiger partial charge in [0.25, 0.3) is 0 Å². The first-order chi connectivity index (χ1) is 11.3. The Hall–Kier alpha value is -1.25. The zero-order valence-corrected chi connectivity index (χ0v) is 16.7. The Balaban J connectivity index is 0.00000288. The summed E-state index contributed by atoms with van der Waals surface area (Å²) < 4.78 is 5.29. The molecule has 3 N–H and O–H groups in total. The van der Waals surface area contributed by atoms with Gasteiger partial charge in [0.2, 0.25) is 5.91 Å². The molecule has 0 aliphatic heterocycles. The fourth-order valence-electron chi connectivity index (χ4n) is 2.74. The molecule has 1 aliphatic carbocycles. The predicted octanol–water partition coefficient (Wildman–Crippen LogP) is 2.44. The molecule has 0 unspecified atom stereocenters. The van der Waals surface area contributed by atoms with Gasteiger partial charge < -0.3 is 20.4 Å². The van der Waals surface area contributed by atoms with E-state index >= 15 is 0 Å². The van der Waals surface area contributed by atoms with E-state index < -0.39 is 0 Å². The van der Waals surface area contributed by atoms with Gasteiger partial charge in [0.1, 0.15) is 5.76 Å². The van der Waals surface area contributed by atoms with Gasteiger partial charge in [-0.05, 0) is 31.9 Å². The molecule has 0 atom stereocenters. The van der Waals surface area contributed by atoms with Gasteiger partial charge in [-0.15, -0.1) is 24.0 Å². The van der Waals surface area contributed by atoms with E-state index in [2.05, 4.69) is 20.9 Å². The zero-order chi connectivity index (χ0) is 16.3. The van der Waals surface area contributed by atoms with Crippen LogP contribution in [-0.2, 0) is 11.2 Å². The molecule has 0 spiro atoms. The molecule has 1 fully saturated rings. The van der Waals surface area contributed by atoms with Gasteiger partial charge in [0, 0.05) is 38.5 Å². The number of halogens is 1. The average molecular weight is 448 g/mol. The Morgan fingerprint density at radius 1 is 1.33 bits per heavy atom. The fraction of sp³-hybridized carbons (Fsp3) is 0.647. The summed E-state index contributed by atoms with van der Waals surface area (Å²) in [5, 5.41) is 9.48. The van der Waals surface area contributed by atoms with Gasteiger partial charge in [0.15, 0.2) is 5.96 Å². The van der Waals surface area contributed by atoms with Gasteiger partial charge in [-0.1, -0.05) is 12.8 Å². The minimum absolute atomic E-state index is 0. The number of furan rings is 1. The predicted molar refractivity (Wildman–Crippen MR) is 107 cm³/mol. The molecule has 0 bridgehead atoms. The van der Waals surface area contributed by atoms with Crippen LogP contribution < -0.4 is 16.0 Å². The summed E-state index contributed by atoms with van der Waals surface area (Å²) in [7, 11) is 0. The van der Waals surface area contributed by atoms with Gasteiger partial charge >= 0.3 is 0 Å². The molecule has 0 aromatic carbocycles. The number of nitrogens with one attached hydrogen (secondary N) is 3. The van der Waals surface area contributed by atoms with Gasteiger partial charge in [0.05, 0.1) is 6.26 Å². The summed E-state index contributed by atoms with van der Waals surface area (Å²) in [4.78, 5) is 16.4. The molecule has 1 saturated carbocycles. The van der Waals surface area contributed by atoms with E-state index in [1.165, 1.54) is 12.8 Å². The van der Waals surface area contributed by atoms with Crippen molar-refractivity contribution in [2.24, 2.45) is 4.99 Å². The standard InChI is InChI=1S/C17H28N4O2.HI/c1-2-18-17(19-11-9-15-8-5-13-23-15)20-12-10-16(22)21-14-6-3-4-7-14;/h5,8,13-14H,2-4,6-7,9-12H2,1H3,(H,21,22)(H2,18,19,20);1H.